The third-order valence-electron chi connectivity index (χ3n) is 4.90. The standard InChI is InChI=1S/C17H25N3O5S/c1-19-6-8-20(9-7-19)26(23,24)14-2-3-15(17(21)22)16(12-14)18-13-4-10-25-11-5-13/h2-3,12-13,18H,4-11H2,1H3,(H,21,22). The van der Waals surface area contributed by atoms with Gasteiger partial charge in [-0.15, -0.1) is 0 Å². The largest absolute Gasteiger partial charge is 0.478 e. The Labute approximate surface area is 153 Å². The molecule has 0 spiro atoms. The van der Waals surface area contributed by atoms with Crippen LogP contribution in [0.2, 0.25) is 0 Å². The number of nitrogens with zero attached hydrogens (tertiary/aromatic N) is 2. The minimum absolute atomic E-state index is 0.0726. The van der Waals surface area contributed by atoms with Gasteiger partial charge >= 0.3 is 5.97 Å². The smallest absolute Gasteiger partial charge is 0.337 e. The number of hydrogen-bond acceptors (Lipinski definition) is 6. The summed E-state index contributed by atoms with van der Waals surface area (Å²) in [4.78, 5) is 13.7. The van der Waals surface area contributed by atoms with Gasteiger partial charge in [-0.2, -0.15) is 4.31 Å². The van der Waals surface area contributed by atoms with Crippen LogP contribution in [0.5, 0.6) is 0 Å². The van der Waals surface area contributed by atoms with Crippen LogP contribution < -0.4 is 5.32 Å². The molecule has 9 heteroatoms. The number of anilines is 1. The Morgan fingerprint density at radius 1 is 1.19 bits per heavy atom. The number of sulfonamides is 1. The van der Waals surface area contributed by atoms with Gasteiger partial charge in [-0.25, -0.2) is 13.2 Å². The zero-order valence-corrected chi connectivity index (χ0v) is 15.7. The van der Waals surface area contributed by atoms with Crippen LogP contribution in [-0.4, -0.2) is 81.2 Å². The number of piperazine rings is 1. The molecule has 0 aliphatic carbocycles. The van der Waals surface area contributed by atoms with E-state index in [4.69, 9.17) is 4.74 Å². The zero-order chi connectivity index (χ0) is 18.7. The van der Waals surface area contributed by atoms with Gasteiger partial charge < -0.3 is 20.1 Å². The summed E-state index contributed by atoms with van der Waals surface area (Å²) in [7, 11) is -1.68. The van der Waals surface area contributed by atoms with Crippen LogP contribution >= 0.6 is 0 Å². The number of ether oxygens (including phenoxy) is 1. The zero-order valence-electron chi connectivity index (χ0n) is 14.8. The molecule has 2 aliphatic rings. The van der Waals surface area contributed by atoms with E-state index in [-0.39, 0.29) is 16.5 Å². The van der Waals surface area contributed by atoms with Gasteiger partial charge in [0.05, 0.1) is 16.1 Å². The number of likely N-dealkylation sites (N-methyl/N-ethyl adjacent to an activating group) is 1. The van der Waals surface area contributed by atoms with Crippen LogP contribution in [0.25, 0.3) is 0 Å². The average Bonchev–Trinajstić information content (AvgIpc) is 2.62. The first kappa shape index (κ1) is 19.1. The molecule has 0 unspecified atom stereocenters. The van der Waals surface area contributed by atoms with Crippen LogP contribution in [-0.2, 0) is 14.8 Å². The Balaban J connectivity index is 1.87. The van der Waals surface area contributed by atoms with Crippen molar-refractivity contribution < 1.29 is 23.1 Å². The highest BCUT2D eigenvalue weighted by Gasteiger charge is 2.29. The Morgan fingerprint density at radius 2 is 1.85 bits per heavy atom. The molecule has 0 bridgehead atoms. The lowest BCUT2D eigenvalue weighted by molar-refractivity contribution is 0.0697. The molecule has 0 atom stereocenters. The fourth-order valence-corrected chi connectivity index (χ4v) is 4.68. The van der Waals surface area contributed by atoms with Crippen molar-refractivity contribution in [2.75, 3.05) is 51.8 Å². The maximum absolute atomic E-state index is 12.9. The predicted molar refractivity (Wildman–Crippen MR) is 97.1 cm³/mol. The number of aromatic carboxylic acids is 1. The summed E-state index contributed by atoms with van der Waals surface area (Å²) in [5.41, 5.74) is 0.424. The molecular weight excluding hydrogens is 358 g/mol. The molecule has 2 saturated heterocycles. The number of nitrogens with one attached hydrogen (secondary N) is 1. The number of hydrogen-bond donors (Lipinski definition) is 2. The highest BCUT2D eigenvalue weighted by Crippen LogP contribution is 2.26. The fourth-order valence-electron chi connectivity index (χ4n) is 3.23. The van der Waals surface area contributed by atoms with Crippen LogP contribution in [0.15, 0.2) is 23.1 Å². The second-order valence-corrected chi connectivity index (χ2v) is 8.69. The molecule has 1 aromatic carbocycles. The van der Waals surface area contributed by atoms with E-state index < -0.39 is 16.0 Å². The van der Waals surface area contributed by atoms with E-state index in [9.17, 15) is 18.3 Å². The lowest BCUT2D eigenvalue weighted by Gasteiger charge is -2.31. The lowest BCUT2D eigenvalue weighted by Crippen LogP contribution is -2.47. The first-order valence-electron chi connectivity index (χ1n) is 8.78. The fraction of sp³-hybridized carbons (Fsp3) is 0.588. The molecular formula is C17H25N3O5S. The van der Waals surface area contributed by atoms with Crippen LogP contribution in [0.3, 0.4) is 0 Å². The van der Waals surface area contributed by atoms with Gasteiger partial charge in [0.1, 0.15) is 0 Å². The first-order chi connectivity index (χ1) is 12.4. The minimum Gasteiger partial charge on any atom is -0.478 e. The molecule has 2 aliphatic heterocycles. The monoisotopic (exact) mass is 383 g/mol. The summed E-state index contributed by atoms with van der Waals surface area (Å²) in [5.74, 6) is -1.08. The van der Waals surface area contributed by atoms with Crippen molar-refractivity contribution in [2.45, 2.75) is 23.8 Å². The molecule has 2 N–H and O–H groups in total. The summed E-state index contributed by atoms with van der Waals surface area (Å²) in [6.45, 7) is 3.45. The molecule has 1 aromatic rings. The van der Waals surface area contributed by atoms with Gasteiger partial charge in [0.25, 0.3) is 0 Å². The number of carboxylic acid groups (broad SMARTS) is 1. The molecule has 0 amide bonds. The van der Waals surface area contributed by atoms with E-state index in [2.05, 4.69) is 10.2 Å². The molecule has 3 rings (SSSR count). The third-order valence-corrected chi connectivity index (χ3v) is 6.80. The van der Waals surface area contributed by atoms with Crippen molar-refractivity contribution in [3.63, 3.8) is 0 Å². The van der Waals surface area contributed by atoms with Gasteiger partial charge in [0.15, 0.2) is 0 Å². The van der Waals surface area contributed by atoms with Crippen molar-refractivity contribution in [3.8, 4) is 0 Å². The van der Waals surface area contributed by atoms with E-state index in [0.717, 1.165) is 12.8 Å². The Hall–Kier alpha value is -1.68. The SMILES string of the molecule is CN1CCN(S(=O)(=O)c2ccc(C(=O)O)c(NC3CCOCC3)c2)CC1. The van der Waals surface area contributed by atoms with Crippen LogP contribution in [0.4, 0.5) is 5.69 Å². The van der Waals surface area contributed by atoms with Gasteiger partial charge in [-0.05, 0) is 38.1 Å². The average molecular weight is 383 g/mol. The summed E-state index contributed by atoms with van der Waals surface area (Å²) in [6.07, 6.45) is 1.52. The maximum Gasteiger partial charge on any atom is 0.337 e. The molecule has 0 saturated carbocycles. The number of rotatable bonds is 5. The van der Waals surface area contributed by atoms with E-state index >= 15 is 0 Å². The number of carbonyl (C=O) groups is 1. The molecule has 0 radical (unpaired) electrons. The molecule has 2 heterocycles. The van der Waals surface area contributed by atoms with E-state index in [0.29, 0.717) is 45.1 Å². The van der Waals surface area contributed by atoms with Crippen molar-refractivity contribution >= 4 is 21.7 Å². The predicted octanol–water partition coefficient (Wildman–Crippen LogP) is 0.912. The highest BCUT2D eigenvalue weighted by molar-refractivity contribution is 7.89. The van der Waals surface area contributed by atoms with Crippen LogP contribution in [0, 0.1) is 0 Å². The highest BCUT2D eigenvalue weighted by atomic mass is 32.2. The Kier molecular flexibility index (Phi) is 5.81. The van der Waals surface area contributed by atoms with Crippen LogP contribution in [0.1, 0.15) is 23.2 Å². The number of benzene rings is 1. The molecule has 144 valence electrons. The maximum atomic E-state index is 12.9. The van der Waals surface area contributed by atoms with Gasteiger partial charge in [0.2, 0.25) is 10.0 Å². The summed E-state index contributed by atoms with van der Waals surface area (Å²) >= 11 is 0. The Morgan fingerprint density at radius 3 is 2.46 bits per heavy atom. The second kappa shape index (κ2) is 7.91. The summed E-state index contributed by atoms with van der Waals surface area (Å²) in [6, 6.07) is 4.27. The van der Waals surface area contributed by atoms with E-state index in [1.165, 1.54) is 22.5 Å². The second-order valence-electron chi connectivity index (χ2n) is 6.75. The molecule has 0 aromatic heterocycles. The molecule has 2 fully saturated rings. The van der Waals surface area contributed by atoms with Gasteiger partial charge in [-0.1, -0.05) is 0 Å². The Bertz CT molecular complexity index is 754. The normalized spacial score (nSPS) is 20.8. The third kappa shape index (κ3) is 4.17. The summed E-state index contributed by atoms with van der Waals surface area (Å²) in [5, 5.41) is 12.6. The summed E-state index contributed by atoms with van der Waals surface area (Å²) < 4.78 is 32.6. The number of carboxylic acids is 1. The molecule has 8 nitrogen and oxygen atoms in total. The van der Waals surface area contributed by atoms with Crippen molar-refractivity contribution in [1.29, 1.82) is 0 Å². The quantitative estimate of drug-likeness (QED) is 0.780. The van der Waals surface area contributed by atoms with Gasteiger partial charge in [0, 0.05) is 45.4 Å². The van der Waals surface area contributed by atoms with Crippen molar-refractivity contribution in [3.05, 3.63) is 23.8 Å². The lowest BCUT2D eigenvalue weighted by atomic mass is 10.1. The van der Waals surface area contributed by atoms with Crippen molar-refractivity contribution in [2.24, 2.45) is 0 Å². The topological polar surface area (TPSA) is 99.2 Å². The first-order valence-corrected chi connectivity index (χ1v) is 10.2. The minimum atomic E-state index is -3.64. The van der Waals surface area contributed by atoms with Crippen molar-refractivity contribution in [1.82, 2.24) is 9.21 Å². The van der Waals surface area contributed by atoms with Gasteiger partial charge in [-0.3, -0.25) is 0 Å². The molecule has 26 heavy (non-hydrogen) atoms. The van der Waals surface area contributed by atoms with E-state index in [1.807, 2.05) is 7.05 Å². The van der Waals surface area contributed by atoms with E-state index in [1.54, 1.807) is 0 Å².